The normalized spacial score (nSPS) is 47.9. The summed E-state index contributed by atoms with van der Waals surface area (Å²) < 4.78 is 0. The molecule has 2 aliphatic rings. The van der Waals surface area contributed by atoms with Crippen molar-refractivity contribution >= 4 is 5.78 Å². The van der Waals surface area contributed by atoms with E-state index in [1.807, 2.05) is 0 Å². The lowest BCUT2D eigenvalue weighted by molar-refractivity contribution is -0.139. The summed E-state index contributed by atoms with van der Waals surface area (Å²) in [5.74, 6) is 1.33. The molecule has 0 bridgehead atoms. The van der Waals surface area contributed by atoms with Crippen LogP contribution in [-0.4, -0.2) is 5.78 Å². The topological polar surface area (TPSA) is 17.1 Å². The van der Waals surface area contributed by atoms with Gasteiger partial charge in [-0.2, -0.15) is 0 Å². The Labute approximate surface area is 87.3 Å². The monoisotopic (exact) mass is 194 g/mol. The van der Waals surface area contributed by atoms with Gasteiger partial charge in [-0.25, -0.2) is 0 Å². The second kappa shape index (κ2) is 3.08. The molecule has 80 valence electrons. The van der Waals surface area contributed by atoms with Crippen molar-refractivity contribution in [2.45, 2.75) is 59.3 Å². The SMILES string of the molecule is CC[C@@H]1CCC2(C)C(=O)CCCC12C. The third kappa shape index (κ3) is 1.04. The largest absolute Gasteiger partial charge is 0.299 e. The van der Waals surface area contributed by atoms with Gasteiger partial charge in [-0.05, 0) is 37.0 Å². The molecule has 1 heteroatoms. The highest BCUT2D eigenvalue weighted by molar-refractivity contribution is 5.86. The third-order valence-corrected chi connectivity index (χ3v) is 5.36. The molecule has 2 unspecified atom stereocenters. The Hall–Kier alpha value is -0.330. The van der Waals surface area contributed by atoms with E-state index >= 15 is 0 Å². The number of fused-ring (bicyclic) bond motifs is 1. The van der Waals surface area contributed by atoms with Crippen LogP contribution in [0.1, 0.15) is 59.3 Å². The summed E-state index contributed by atoms with van der Waals surface area (Å²) in [6.07, 6.45) is 6.90. The predicted molar refractivity (Wildman–Crippen MR) is 58.1 cm³/mol. The van der Waals surface area contributed by atoms with Crippen molar-refractivity contribution in [3.63, 3.8) is 0 Å². The zero-order valence-electron chi connectivity index (χ0n) is 9.73. The minimum absolute atomic E-state index is 0.0198. The molecule has 0 spiro atoms. The Morgan fingerprint density at radius 1 is 1.36 bits per heavy atom. The molecule has 1 nitrogen and oxygen atoms in total. The second-order valence-corrected chi connectivity index (χ2v) is 5.67. The lowest BCUT2D eigenvalue weighted by Gasteiger charge is -2.47. The van der Waals surface area contributed by atoms with E-state index in [0.717, 1.165) is 25.2 Å². The van der Waals surface area contributed by atoms with Gasteiger partial charge in [0.2, 0.25) is 0 Å². The van der Waals surface area contributed by atoms with Crippen molar-refractivity contribution in [1.82, 2.24) is 0 Å². The Morgan fingerprint density at radius 3 is 2.71 bits per heavy atom. The first-order valence-electron chi connectivity index (χ1n) is 6.08. The van der Waals surface area contributed by atoms with Crippen LogP contribution in [0.3, 0.4) is 0 Å². The third-order valence-electron chi connectivity index (χ3n) is 5.36. The molecule has 0 aromatic carbocycles. The Balaban J connectivity index is 2.36. The molecule has 2 rings (SSSR count). The smallest absolute Gasteiger partial charge is 0.139 e. The van der Waals surface area contributed by atoms with Crippen LogP contribution in [0.5, 0.6) is 0 Å². The van der Waals surface area contributed by atoms with Gasteiger partial charge in [0.15, 0.2) is 0 Å². The van der Waals surface area contributed by atoms with Gasteiger partial charge in [-0.1, -0.05) is 27.2 Å². The van der Waals surface area contributed by atoms with Crippen LogP contribution < -0.4 is 0 Å². The molecule has 0 heterocycles. The maximum atomic E-state index is 12.1. The van der Waals surface area contributed by atoms with Gasteiger partial charge < -0.3 is 0 Å². The van der Waals surface area contributed by atoms with Crippen molar-refractivity contribution in [3.05, 3.63) is 0 Å². The summed E-state index contributed by atoms with van der Waals surface area (Å²) in [5, 5.41) is 0. The van der Waals surface area contributed by atoms with Gasteiger partial charge in [-0.3, -0.25) is 4.79 Å². The standard InChI is InChI=1S/C13H22O/c1-4-10-7-9-13(3)11(14)6-5-8-12(10,13)2/h10H,4-9H2,1-3H3/t10-,12?,13?/m1/s1. The Morgan fingerprint density at radius 2 is 2.07 bits per heavy atom. The van der Waals surface area contributed by atoms with E-state index in [-0.39, 0.29) is 5.41 Å². The van der Waals surface area contributed by atoms with E-state index in [0.29, 0.717) is 11.2 Å². The highest BCUT2D eigenvalue weighted by Gasteiger charge is 2.58. The summed E-state index contributed by atoms with van der Waals surface area (Å²) in [6.45, 7) is 6.87. The number of ketones is 1. The van der Waals surface area contributed by atoms with Crippen molar-refractivity contribution in [1.29, 1.82) is 0 Å². The number of hydrogen-bond donors (Lipinski definition) is 0. The van der Waals surface area contributed by atoms with E-state index in [1.54, 1.807) is 0 Å². The molecular weight excluding hydrogens is 172 g/mol. The Kier molecular flexibility index (Phi) is 2.24. The average molecular weight is 194 g/mol. The number of carbonyl (C=O) groups excluding carboxylic acids is 1. The lowest BCUT2D eigenvalue weighted by atomic mass is 9.56. The van der Waals surface area contributed by atoms with Crippen molar-refractivity contribution < 1.29 is 4.79 Å². The van der Waals surface area contributed by atoms with E-state index in [1.165, 1.54) is 19.3 Å². The summed E-state index contributed by atoms with van der Waals surface area (Å²) in [6, 6.07) is 0. The maximum absolute atomic E-state index is 12.1. The fourth-order valence-corrected chi connectivity index (χ4v) is 4.00. The first kappa shape index (κ1) is 10.2. The molecule has 0 radical (unpaired) electrons. The molecule has 14 heavy (non-hydrogen) atoms. The van der Waals surface area contributed by atoms with E-state index in [2.05, 4.69) is 20.8 Å². The molecule has 2 aliphatic carbocycles. The highest BCUT2D eigenvalue weighted by atomic mass is 16.1. The molecule has 0 amide bonds. The van der Waals surface area contributed by atoms with Crippen LogP contribution in [-0.2, 0) is 4.79 Å². The number of carbonyl (C=O) groups is 1. The summed E-state index contributed by atoms with van der Waals surface area (Å²) in [7, 11) is 0. The molecule has 2 saturated carbocycles. The van der Waals surface area contributed by atoms with Crippen molar-refractivity contribution in [3.8, 4) is 0 Å². The number of Topliss-reactive ketones (excluding diaryl/α,β-unsaturated/α-hetero) is 1. The van der Waals surface area contributed by atoms with Crippen LogP contribution >= 0.6 is 0 Å². The summed E-state index contributed by atoms with van der Waals surface area (Å²) in [4.78, 5) is 12.1. The quantitative estimate of drug-likeness (QED) is 0.623. The fourth-order valence-electron chi connectivity index (χ4n) is 4.00. The van der Waals surface area contributed by atoms with Gasteiger partial charge in [0.1, 0.15) is 5.78 Å². The fraction of sp³-hybridized carbons (Fsp3) is 0.923. The molecule has 3 atom stereocenters. The maximum Gasteiger partial charge on any atom is 0.139 e. The van der Waals surface area contributed by atoms with E-state index < -0.39 is 0 Å². The number of rotatable bonds is 1. The Bertz CT molecular complexity index is 258. The van der Waals surface area contributed by atoms with E-state index in [4.69, 9.17) is 0 Å². The van der Waals surface area contributed by atoms with Gasteiger partial charge in [0, 0.05) is 11.8 Å². The first-order chi connectivity index (χ1) is 6.54. The van der Waals surface area contributed by atoms with E-state index in [9.17, 15) is 4.79 Å². The van der Waals surface area contributed by atoms with Gasteiger partial charge in [-0.15, -0.1) is 0 Å². The molecule has 0 saturated heterocycles. The lowest BCUT2D eigenvalue weighted by Crippen LogP contribution is -2.45. The zero-order chi connectivity index (χ0) is 10.4. The molecule has 0 aromatic heterocycles. The average Bonchev–Trinajstić information content (AvgIpc) is 2.41. The van der Waals surface area contributed by atoms with Crippen LogP contribution in [0.15, 0.2) is 0 Å². The van der Waals surface area contributed by atoms with Crippen LogP contribution in [0.4, 0.5) is 0 Å². The predicted octanol–water partition coefficient (Wildman–Crippen LogP) is 3.57. The summed E-state index contributed by atoms with van der Waals surface area (Å²) >= 11 is 0. The highest BCUT2D eigenvalue weighted by Crippen LogP contribution is 2.62. The molecular formula is C13H22O. The van der Waals surface area contributed by atoms with Gasteiger partial charge in [0.05, 0.1) is 0 Å². The summed E-state index contributed by atoms with van der Waals surface area (Å²) in [5.41, 5.74) is 0.336. The minimum atomic E-state index is 0.0198. The number of hydrogen-bond acceptors (Lipinski definition) is 1. The molecule has 0 aliphatic heterocycles. The molecule has 2 fully saturated rings. The first-order valence-corrected chi connectivity index (χ1v) is 6.08. The molecule has 0 aromatic rings. The molecule has 0 N–H and O–H groups in total. The van der Waals surface area contributed by atoms with Crippen molar-refractivity contribution in [2.75, 3.05) is 0 Å². The van der Waals surface area contributed by atoms with Gasteiger partial charge >= 0.3 is 0 Å². The van der Waals surface area contributed by atoms with Gasteiger partial charge in [0.25, 0.3) is 0 Å². The van der Waals surface area contributed by atoms with Crippen molar-refractivity contribution in [2.24, 2.45) is 16.7 Å². The minimum Gasteiger partial charge on any atom is -0.299 e. The van der Waals surface area contributed by atoms with Crippen LogP contribution in [0.25, 0.3) is 0 Å². The second-order valence-electron chi connectivity index (χ2n) is 5.67. The van der Waals surface area contributed by atoms with Crippen LogP contribution in [0.2, 0.25) is 0 Å². The zero-order valence-corrected chi connectivity index (χ0v) is 9.73. The van der Waals surface area contributed by atoms with Crippen LogP contribution in [0, 0.1) is 16.7 Å².